The van der Waals surface area contributed by atoms with E-state index in [1.807, 2.05) is 0 Å². The van der Waals surface area contributed by atoms with Gasteiger partial charge in [0.2, 0.25) is 0 Å². The topological polar surface area (TPSA) is 298 Å². The molecule has 0 aliphatic carbocycles. The van der Waals surface area contributed by atoms with Crippen molar-refractivity contribution in [2.24, 2.45) is 17.2 Å². The molecule has 43 heavy (non-hydrogen) atoms. The van der Waals surface area contributed by atoms with E-state index in [1.165, 1.54) is 0 Å². The third-order valence-corrected chi connectivity index (χ3v) is 8.34. The van der Waals surface area contributed by atoms with Crippen LogP contribution < -0.4 is 22.5 Å². The Bertz CT molecular complexity index is 1060. The van der Waals surface area contributed by atoms with E-state index in [-0.39, 0.29) is 4.99 Å². The van der Waals surface area contributed by atoms with Crippen LogP contribution in [0.15, 0.2) is 30.3 Å². The van der Waals surface area contributed by atoms with Crippen LogP contribution >= 0.6 is 12.2 Å². The lowest BCUT2D eigenvalue weighted by atomic mass is 9.85. The number of aliphatic hydroxyl groups excluding tert-OH is 8. The van der Waals surface area contributed by atoms with Crippen molar-refractivity contribution in [2.45, 2.75) is 91.4 Å². The number of nitrogens with two attached hydrogens (primary N) is 3. The Hall–Kier alpha value is -1.53. The molecule has 3 heterocycles. The van der Waals surface area contributed by atoms with Crippen molar-refractivity contribution < 1.29 is 64.5 Å². The van der Waals surface area contributed by atoms with E-state index in [1.54, 1.807) is 30.3 Å². The first kappa shape index (κ1) is 34.3. The first-order valence-electron chi connectivity index (χ1n) is 13.6. The van der Waals surface area contributed by atoms with Gasteiger partial charge in [0.25, 0.3) is 0 Å². The largest absolute Gasteiger partial charge is 0.394 e. The lowest BCUT2D eigenvalue weighted by Gasteiger charge is -2.51. The maximum Gasteiger partial charge on any atom is 0.177 e. The summed E-state index contributed by atoms with van der Waals surface area (Å²) in [5, 5.41) is 86.1. The molecule has 0 bridgehead atoms. The van der Waals surface area contributed by atoms with Crippen LogP contribution in [0.25, 0.3) is 0 Å². The molecule has 1 aromatic rings. The quantitative estimate of drug-likeness (QED) is 0.112. The highest BCUT2D eigenvalue weighted by Crippen LogP contribution is 2.35. The molecule has 3 saturated heterocycles. The van der Waals surface area contributed by atoms with E-state index >= 15 is 0 Å². The molecule has 0 aromatic heterocycles. The summed E-state index contributed by atoms with van der Waals surface area (Å²) in [7, 11) is 0. The Morgan fingerprint density at radius 3 is 1.91 bits per heavy atom. The number of benzene rings is 1. The molecule has 0 spiro atoms. The van der Waals surface area contributed by atoms with Gasteiger partial charge < -0.3 is 87.1 Å². The second kappa shape index (κ2) is 14.3. The van der Waals surface area contributed by atoms with E-state index in [0.29, 0.717) is 5.69 Å². The van der Waals surface area contributed by atoms with Crippen LogP contribution in [-0.4, -0.2) is 157 Å². The fourth-order valence-corrected chi connectivity index (χ4v) is 5.58. The van der Waals surface area contributed by atoms with Gasteiger partial charge in [0.1, 0.15) is 53.8 Å². The molecular weight excluding hydrogens is 596 g/mol. The number of para-hydroxylation sites is 1. The van der Waals surface area contributed by atoms with Crippen LogP contribution in [0, 0.1) is 0 Å². The molecule has 3 fully saturated rings. The summed E-state index contributed by atoms with van der Waals surface area (Å²) in [5.41, 5.74) is 16.4. The predicted molar refractivity (Wildman–Crippen MR) is 149 cm³/mol. The third-order valence-electron chi connectivity index (χ3n) is 7.89. The van der Waals surface area contributed by atoms with E-state index in [9.17, 15) is 40.9 Å². The minimum absolute atomic E-state index is 0.201. The van der Waals surface area contributed by atoms with Gasteiger partial charge in [-0.3, -0.25) is 0 Å². The summed E-state index contributed by atoms with van der Waals surface area (Å²) in [6.45, 7) is -2.34. The number of thiocarbonyl (C=S) groups is 1. The summed E-state index contributed by atoms with van der Waals surface area (Å²) in [6, 6.07) is 4.40. The lowest BCUT2D eigenvalue weighted by molar-refractivity contribution is -0.353. The summed E-state index contributed by atoms with van der Waals surface area (Å²) in [6.07, 6.45) is -16.8. The van der Waals surface area contributed by atoms with Gasteiger partial charge in [0.15, 0.2) is 24.5 Å². The average Bonchev–Trinajstić information content (AvgIpc) is 3.01. The zero-order valence-corrected chi connectivity index (χ0v) is 23.7. The molecule has 244 valence electrons. The average molecular weight is 637 g/mol. The monoisotopic (exact) mass is 636 g/mol. The molecule has 3 aliphatic rings. The van der Waals surface area contributed by atoms with Crippen molar-refractivity contribution >= 4 is 22.9 Å². The van der Waals surface area contributed by atoms with Gasteiger partial charge >= 0.3 is 0 Å². The van der Waals surface area contributed by atoms with Crippen molar-refractivity contribution in [2.75, 3.05) is 25.1 Å². The van der Waals surface area contributed by atoms with E-state index in [2.05, 4.69) is 5.32 Å². The zero-order chi connectivity index (χ0) is 31.6. The molecule has 3 aliphatic heterocycles. The van der Waals surface area contributed by atoms with E-state index in [0.717, 1.165) is 0 Å². The van der Waals surface area contributed by atoms with Gasteiger partial charge in [-0.15, -0.1) is 0 Å². The summed E-state index contributed by atoms with van der Waals surface area (Å²) < 4.78 is 28.4. The molecule has 1 aromatic carbocycles. The maximum absolute atomic E-state index is 11.1. The van der Waals surface area contributed by atoms with Gasteiger partial charge in [-0.2, -0.15) is 0 Å². The number of hydrogen-bond donors (Lipinski definition) is 12. The highest BCUT2D eigenvalue weighted by molar-refractivity contribution is 7.80. The molecule has 0 amide bonds. The van der Waals surface area contributed by atoms with Gasteiger partial charge in [-0.25, -0.2) is 0 Å². The second-order valence-corrected chi connectivity index (χ2v) is 11.1. The molecular formula is C25H40N4O13S. The third kappa shape index (κ3) is 6.71. The summed E-state index contributed by atoms with van der Waals surface area (Å²) in [5.74, 6) is 0. The number of aliphatic hydroxyl groups is 8. The van der Waals surface area contributed by atoms with Gasteiger partial charge in [0, 0.05) is 5.69 Å². The minimum Gasteiger partial charge on any atom is -0.394 e. The second-order valence-electron chi connectivity index (χ2n) is 10.7. The normalized spacial score (nSPS) is 45.5. The Kier molecular flexibility index (Phi) is 11.4. The van der Waals surface area contributed by atoms with Gasteiger partial charge in [-0.1, -0.05) is 30.4 Å². The van der Waals surface area contributed by atoms with E-state index < -0.39 is 111 Å². The molecule has 18 heteroatoms. The van der Waals surface area contributed by atoms with Crippen LogP contribution in [0.4, 0.5) is 5.69 Å². The molecule has 0 radical (unpaired) electrons. The fraction of sp³-hybridized carbons (Fsp3) is 0.720. The smallest absolute Gasteiger partial charge is 0.177 e. The van der Waals surface area contributed by atoms with Crippen molar-refractivity contribution in [3.05, 3.63) is 30.3 Å². The number of ether oxygens (including phenoxy) is 5. The lowest BCUT2D eigenvalue weighted by Crippen LogP contribution is -2.73. The first-order chi connectivity index (χ1) is 20.4. The molecule has 15 atom stereocenters. The van der Waals surface area contributed by atoms with Crippen molar-refractivity contribution in [3.8, 4) is 0 Å². The Labute approximate surface area is 251 Å². The van der Waals surface area contributed by atoms with Crippen LogP contribution in [0.5, 0.6) is 0 Å². The molecule has 0 saturated carbocycles. The highest BCUT2D eigenvalue weighted by Gasteiger charge is 2.58. The van der Waals surface area contributed by atoms with Crippen LogP contribution in [0.2, 0.25) is 0 Å². The highest BCUT2D eigenvalue weighted by atomic mass is 32.1. The molecule has 2 unspecified atom stereocenters. The maximum atomic E-state index is 11.1. The number of anilines is 1. The molecule has 4 rings (SSSR count). The Balaban J connectivity index is 1.52. The Morgan fingerprint density at radius 2 is 1.33 bits per heavy atom. The van der Waals surface area contributed by atoms with Crippen LogP contribution in [-0.2, 0) is 23.7 Å². The predicted octanol–water partition coefficient (Wildman–Crippen LogP) is -5.86. The standard InChI is InChI=1S/C25H40N4O13S/c26-12-15(33)18(10(6-30)38-21(12)37)40-22-13(27)16(34)19(11(7-31)39-22)41-23-14(28)17(35)20(36)25(8-32,42-23)24(43)29-9-4-2-1-3-5-9/h1-5,10-23,30-37H,6-8,26-28H2,(H,29,43)/t10-,11-,12-,13-,14-,15-,16-,17-,18?,19?,20+,21-,22+,23+,25-/m1/s1. The number of hydrogen-bond acceptors (Lipinski definition) is 17. The summed E-state index contributed by atoms with van der Waals surface area (Å²) in [4.78, 5) is -0.201. The first-order valence-corrected chi connectivity index (χ1v) is 14.0. The van der Waals surface area contributed by atoms with Gasteiger partial charge in [0.05, 0.1) is 37.9 Å². The molecule has 17 nitrogen and oxygen atoms in total. The number of rotatable bonds is 9. The number of nitrogens with one attached hydrogen (secondary N) is 1. The molecule has 15 N–H and O–H groups in total. The van der Waals surface area contributed by atoms with Crippen LogP contribution in [0.1, 0.15) is 0 Å². The van der Waals surface area contributed by atoms with Crippen molar-refractivity contribution in [1.82, 2.24) is 0 Å². The van der Waals surface area contributed by atoms with E-state index in [4.69, 9.17) is 53.1 Å². The SMILES string of the molecule is N[C@H]1[C@@H](OC2[C@@H](CO)O[C@@H](OC3[C@@H](CO)O[C@@H](O)[C@H](N)[C@H]3O)[C@H](N)[C@H]2O)O[C@@](CO)(C(=S)Nc2ccccc2)[C@@H](O)[C@@H]1O. The van der Waals surface area contributed by atoms with Gasteiger partial charge in [-0.05, 0) is 12.1 Å². The fourth-order valence-electron chi connectivity index (χ4n) is 5.23. The van der Waals surface area contributed by atoms with Crippen molar-refractivity contribution in [3.63, 3.8) is 0 Å². The minimum atomic E-state index is -2.10. The van der Waals surface area contributed by atoms with Crippen LogP contribution in [0.3, 0.4) is 0 Å². The zero-order valence-electron chi connectivity index (χ0n) is 22.9. The Morgan fingerprint density at radius 1 is 0.791 bits per heavy atom. The summed E-state index contributed by atoms with van der Waals surface area (Å²) >= 11 is 5.43. The van der Waals surface area contributed by atoms with Crippen molar-refractivity contribution in [1.29, 1.82) is 0 Å².